The Hall–Kier alpha value is -6.53. The van der Waals surface area contributed by atoms with Gasteiger partial charge in [0.1, 0.15) is 0 Å². The fourth-order valence-corrected chi connectivity index (χ4v) is 11.2. The smallest absolute Gasteiger partial charge is 0.684 e. The van der Waals surface area contributed by atoms with Crippen molar-refractivity contribution in [1.82, 2.24) is 0 Å². The minimum absolute atomic E-state index is 0. The quantitative estimate of drug-likeness (QED) is 0.0244. The molecule has 0 bridgehead atoms. The van der Waals surface area contributed by atoms with Crippen LogP contribution in [-0.4, -0.2) is 109 Å². The molecular weight excluding hydrogens is 1330 g/mol. The molecule has 8 rings (SSSR count). The molecule has 0 saturated carbocycles. The molecule has 0 atom stereocenters. The van der Waals surface area contributed by atoms with E-state index in [1.807, 2.05) is 194 Å². The zero-order valence-electron chi connectivity index (χ0n) is 55.1. The average molecular weight is 1420 g/mol. The number of amidine groups is 4. The van der Waals surface area contributed by atoms with Gasteiger partial charge in [-0.15, -0.1) is 48.9 Å². The largest absolute Gasteiger partial charge is 4.00 e. The third-order valence-electron chi connectivity index (χ3n) is 11.5. The fraction of sp³-hybridized carbons (Fsp3) is 0.278. The summed E-state index contributed by atoms with van der Waals surface area (Å²) in [4.78, 5) is 38.2. The van der Waals surface area contributed by atoms with Gasteiger partial charge in [0, 0.05) is 32.9 Å². The summed E-state index contributed by atoms with van der Waals surface area (Å²) in [5, 5.41) is 18.1. The van der Waals surface area contributed by atoms with Crippen LogP contribution in [0.25, 0.3) is 41.2 Å². The number of para-hydroxylation sites is 4. The maximum Gasteiger partial charge on any atom is 4.00 e. The molecule has 0 aliphatic carbocycles. The minimum atomic E-state index is -1.56. The number of hydrogen-bond donors (Lipinski definition) is 0. The van der Waals surface area contributed by atoms with E-state index in [1.165, 1.54) is 0 Å². The molecule has 0 unspecified atom stereocenters. The van der Waals surface area contributed by atoms with Crippen molar-refractivity contribution in [1.29, 1.82) is 0 Å². The Morgan fingerprint density at radius 3 is 0.522 bits per heavy atom. The molecule has 464 valence electrons. The van der Waals surface area contributed by atoms with Gasteiger partial charge in [-0.25, -0.2) is 0 Å². The van der Waals surface area contributed by atoms with Crippen molar-refractivity contribution in [2.45, 2.75) is 78.6 Å². The van der Waals surface area contributed by atoms with Crippen molar-refractivity contribution in [2.75, 3.05) is 52.4 Å². The first-order valence-corrected chi connectivity index (χ1v) is 44.2. The summed E-state index contributed by atoms with van der Waals surface area (Å²) in [6.45, 7) is 32.0. The molecule has 18 heteroatoms. The average Bonchev–Trinajstić information content (AvgIpc) is 3.68. The van der Waals surface area contributed by atoms with Gasteiger partial charge in [0.25, 0.3) is 0 Å². The van der Waals surface area contributed by atoms with Gasteiger partial charge in [0.2, 0.25) is 0 Å². The summed E-state index contributed by atoms with van der Waals surface area (Å²) in [5.74, 6) is 3.46. The van der Waals surface area contributed by atoms with Crippen LogP contribution in [0.1, 0.15) is 22.3 Å². The maximum absolute atomic E-state index is 4.87. The van der Waals surface area contributed by atoms with Gasteiger partial charge in [-0.3, -0.25) is 0 Å². The van der Waals surface area contributed by atoms with E-state index < -0.39 is 32.9 Å². The number of aliphatic imine (C=N–C) groups is 4. The first kappa shape index (κ1) is 77.7. The van der Waals surface area contributed by atoms with Crippen molar-refractivity contribution >= 4 is 79.0 Å². The zero-order chi connectivity index (χ0) is 63.4. The molecule has 0 heterocycles. The number of benzene rings is 8. The molecule has 0 N–H and O–H groups in total. The molecule has 90 heavy (non-hydrogen) atoms. The summed E-state index contributed by atoms with van der Waals surface area (Å²) >= 11 is 0. The van der Waals surface area contributed by atoms with Crippen LogP contribution < -0.4 is 0 Å². The van der Waals surface area contributed by atoms with Gasteiger partial charge in [0.15, 0.2) is 0 Å². The van der Waals surface area contributed by atoms with Gasteiger partial charge in [0.05, 0.1) is 0 Å². The van der Waals surface area contributed by atoms with Crippen molar-refractivity contribution in [3.8, 4) is 0 Å². The summed E-state index contributed by atoms with van der Waals surface area (Å²) in [6.07, 6.45) is 0. The van der Waals surface area contributed by atoms with Crippen LogP contribution in [0.3, 0.4) is 0 Å². The summed E-state index contributed by atoms with van der Waals surface area (Å²) < 4.78 is 0. The van der Waals surface area contributed by atoms with Crippen LogP contribution in [0, 0.1) is 0 Å². The third-order valence-corrected chi connectivity index (χ3v) is 15.1. The van der Waals surface area contributed by atoms with E-state index in [0.717, 1.165) is 68.3 Å². The second-order valence-corrected chi connectivity index (χ2v) is 42.5. The van der Waals surface area contributed by atoms with Crippen molar-refractivity contribution in [2.24, 2.45) is 20.0 Å². The summed E-state index contributed by atoms with van der Waals surface area (Å²) in [5.41, 5.74) is 8.35. The summed E-state index contributed by atoms with van der Waals surface area (Å²) in [7, 11) is -6.25. The van der Waals surface area contributed by atoms with Crippen molar-refractivity contribution in [3.05, 3.63) is 306 Å². The fourth-order valence-electron chi connectivity index (χ4n) is 7.86. The molecule has 0 fully saturated rings. The standard InChI is InChI=1S/4C18H23N3Si.2Zr/c4*1-22(2,3)21-18(16-10-6-4-7-11-16)20-15-14-19-17-12-8-5-9-13-17;;/h4*4-13H,14-15H2,1-3H3;;/q4*-2;2*+4. The first-order chi connectivity index (χ1) is 42.2. The number of nitrogens with zero attached hydrogens (tertiary/aromatic N) is 12. The van der Waals surface area contributed by atoms with E-state index in [1.54, 1.807) is 0 Å². The molecule has 0 aliphatic rings. The minimum Gasteiger partial charge on any atom is -0.684 e. The molecule has 0 amide bonds. The molecule has 12 nitrogen and oxygen atoms in total. The number of rotatable bonds is 24. The second kappa shape index (κ2) is 42.5. The van der Waals surface area contributed by atoms with Gasteiger partial charge >= 0.3 is 52.4 Å². The molecule has 8 aromatic rings. The Kier molecular flexibility index (Phi) is 36.7. The molecular formula is C72H92N12Si4Zr2. The van der Waals surface area contributed by atoms with Crippen LogP contribution in [-0.2, 0) is 52.4 Å². The van der Waals surface area contributed by atoms with Crippen LogP contribution in [0.2, 0.25) is 78.6 Å². The molecule has 0 aliphatic heterocycles. The molecule has 8 aromatic carbocycles. The maximum atomic E-state index is 4.87. The van der Waals surface area contributed by atoms with Crippen LogP contribution >= 0.6 is 0 Å². The second-order valence-electron chi connectivity index (χ2n) is 24.3. The van der Waals surface area contributed by atoms with E-state index in [4.69, 9.17) is 19.9 Å². The topological polar surface area (TPSA) is 162 Å². The van der Waals surface area contributed by atoms with E-state index in [2.05, 4.69) is 168 Å². The Morgan fingerprint density at radius 2 is 0.378 bits per heavy atom. The molecule has 0 saturated heterocycles. The Labute approximate surface area is 583 Å². The molecule has 0 radical (unpaired) electrons. The summed E-state index contributed by atoms with van der Waals surface area (Å²) in [6, 6.07) is 80.8. The predicted octanol–water partition coefficient (Wildman–Crippen LogP) is 21.4. The van der Waals surface area contributed by atoms with E-state index in [-0.39, 0.29) is 52.4 Å². The van der Waals surface area contributed by atoms with Crippen LogP contribution in [0.4, 0.5) is 22.7 Å². The van der Waals surface area contributed by atoms with Crippen LogP contribution in [0.15, 0.2) is 263 Å². The van der Waals surface area contributed by atoms with E-state index in [0.29, 0.717) is 52.4 Å². The monoisotopic (exact) mass is 1420 g/mol. The first-order valence-electron chi connectivity index (χ1n) is 30.4. The molecule has 0 spiro atoms. The van der Waals surface area contributed by atoms with Gasteiger partial charge < -0.3 is 61.2 Å². The zero-order valence-corrected chi connectivity index (χ0v) is 64.0. The Bertz CT molecular complexity index is 2810. The van der Waals surface area contributed by atoms with Crippen molar-refractivity contribution < 1.29 is 52.4 Å². The predicted molar refractivity (Wildman–Crippen MR) is 396 cm³/mol. The van der Waals surface area contributed by atoms with E-state index in [9.17, 15) is 0 Å². The Morgan fingerprint density at radius 1 is 0.233 bits per heavy atom. The SMILES string of the molecule is C[Si](C)(C)[N-]C(=NCC[N-]c1ccccc1)c1ccccc1.C[Si](C)(C)[N-]C(=NCC[N-]c1ccccc1)c1ccccc1.C[Si](C)(C)[N-]C(=NCC[N-]c1ccccc1)c1ccccc1.C[Si](C)(C)[N-]C(=NCC[N-]c1ccccc1)c1ccccc1.[Zr+4].[Zr+4]. The molecule has 0 aromatic heterocycles. The Balaban J connectivity index is 0.000000311. The van der Waals surface area contributed by atoms with Crippen molar-refractivity contribution in [3.63, 3.8) is 0 Å². The normalized spacial score (nSPS) is 11.8. The van der Waals surface area contributed by atoms with Crippen LogP contribution in [0.5, 0.6) is 0 Å². The van der Waals surface area contributed by atoms with Gasteiger partial charge in [-0.1, -0.05) is 371 Å². The van der Waals surface area contributed by atoms with Gasteiger partial charge in [-0.05, 0) is 22.3 Å². The van der Waals surface area contributed by atoms with Gasteiger partial charge in [-0.2, -0.15) is 0 Å². The number of hydrogen-bond acceptors (Lipinski definition) is 4. The van der Waals surface area contributed by atoms with E-state index >= 15 is 0 Å². The third kappa shape index (κ3) is 35.8.